The lowest BCUT2D eigenvalue weighted by molar-refractivity contribution is 0.371. The topological polar surface area (TPSA) is 56.7 Å². The van der Waals surface area contributed by atoms with Gasteiger partial charge in [-0.05, 0) is 18.2 Å². The summed E-state index contributed by atoms with van der Waals surface area (Å²) in [6.45, 7) is 0.668. The molecule has 0 radical (unpaired) electrons. The number of nitrogens with zero attached hydrogens (tertiary/aromatic N) is 4. The third-order valence-electron chi connectivity index (χ3n) is 2.87. The SMILES string of the molecule is ClCc1nc2ccc(Cl)cc2n1CCc1ncno1. The molecule has 1 aromatic carbocycles. The Labute approximate surface area is 119 Å². The average Bonchev–Trinajstić information content (AvgIpc) is 3.03. The zero-order valence-electron chi connectivity index (χ0n) is 9.88. The summed E-state index contributed by atoms with van der Waals surface area (Å²) in [5.74, 6) is 1.73. The van der Waals surface area contributed by atoms with Gasteiger partial charge in [-0.2, -0.15) is 4.98 Å². The van der Waals surface area contributed by atoms with Crippen LogP contribution in [-0.4, -0.2) is 19.7 Å². The largest absolute Gasteiger partial charge is 0.340 e. The molecular weight excluding hydrogens is 287 g/mol. The summed E-state index contributed by atoms with van der Waals surface area (Å²) in [5.41, 5.74) is 1.84. The van der Waals surface area contributed by atoms with Crippen LogP contribution in [0.2, 0.25) is 5.02 Å². The molecule has 2 heterocycles. The van der Waals surface area contributed by atoms with Gasteiger partial charge in [0, 0.05) is 18.0 Å². The number of hydrogen-bond donors (Lipinski definition) is 0. The second kappa shape index (κ2) is 5.19. The molecule has 0 spiro atoms. The van der Waals surface area contributed by atoms with Gasteiger partial charge in [0.05, 0.1) is 16.9 Å². The van der Waals surface area contributed by atoms with Gasteiger partial charge >= 0.3 is 0 Å². The number of rotatable bonds is 4. The molecule has 0 aliphatic rings. The highest BCUT2D eigenvalue weighted by Crippen LogP contribution is 2.22. The summed E-state index contributed by atoms with van der Waals surface area (Å²) >= 11 is 12.0. The van der Waals surface area contributed by atoms with E-state index < -0.39 is 0 Å². The van der Waals surface area contributed by atoms with Crippen molar-refractivity contribution in [1.29, 1.82) is 0 Å². The van der Waals surface area contributed by atoms with Crippen LogP contribution in [0.15, 0.2) is 29.0 Å². The Morgan fingerprint density at radius 1 is 1.32 bits per heavy atom. The summed E-state index contributed by atoms with van der Waals surface area (Å²) < 4.78 is 7.01. The predicted molar refractivity (Wildman–Crippen MR) is 72.3 cm³/mol. The summed E-state index contributed by atoms with van der Waals surface area (Å²) in [5, 5.41) is 4.26. The molecule has 2 aromatic heterocycles. The van der Waals surface area contributed by atoms with Crippen molar-refractivity contribution < 1.29 is 4.52 Å². The van der Waals surface area contributed by atoms with Crippen LogP contribution in [0.3, 0.4) is 0 Å². The standard InChI is InChI=1S/C12H10Cl2N4O/c13-6-11-17-9-2-1-8(14)5-10(9)18(11)4-3-12-15-7-16-19-12/h1-2,5,7H,3-4,6H2. The molecule has 0 saturated carbocycles. The van der Waals surface area contributed by atoms with E-state index >= 15 is 0 Å². The van der Waals surface area contributed by atoms with Gasteiger partial charge in [0.25, 0.3) is 0 Å². The first-order valence-electron chi connectivity index (χ1n) is 5.74. The van der Waals surface area contributed by atoms with Gasteiger partial charge in [0.2, 0.25) is 5.89 Å². The minimum absolute atomic E-state index is 0.343. The van der Waals surface area contributed by atoms with E-state index in [-0.39, 0.29) is 0 Å². The van der Waals surface area contributed by atoms with E-state index in [2.05, 4.69) is 15.1 Å². The molecule has 0 aliphatic carbocycles. The van der Waals surface area contributed by atoms with E-state index in [0.717, 1.165) is 16.9 Å². The second-order valence-corrected chi connectivity index (χ2v) is 4.74. The first-order chi connectivity index (χ1) is 9.28. The van der Waals surface area contributed by atoms with E-state index in [1.807, 2.05) is 22.8 Å². The van der Waals surface area contributed by atoms with Gasteiger partial charge in [-0.1, -0.05) is 16.8 Å². The van der Waals surface area contributed by atoms with Crippen LogP contribution in [0.1, 0.15) is 11.7 Å². The molecule has 0 bridgehead atoms. The Bertz CT molecular complexity index is 693. The maximum absolute atomic E-state index is 6.03. The molecule has 0 unspecified atom stereocenters. The van der Waals surface area contributed by atoms with E-state index in [4.69, 9.17) is 27.7 Å². The van der Waals surface area contributed by atoms with Crippen molar-refractivity contribution in [3.05, 3.63) is 41.3 Å². The quantitative estimate of drug-likeness (QED) is 0.694. The van der Waals surface area contributed by atoms with Crippen molar-refractivity contribution in [2.24, 2.45) is 0 Å². The van der Waals surface area contributed by atoms with Crippen molar-refractivity contribution in [3.63, 3.8) is 0 Å². The highest BCUT2D eigenvalue weighted by molar-refractivity contribution is 6.31. The van der Waals surface area contributed by atoms with Crippen LogP contribution in [0, 0.1) is 0 Å². The van der Waals surface area contributed by atoms with Crippen LogP contribution >= 0.6 is 23.2 Å². The van der Waals surface area contributed by atoms with Gasteiger partial charge in [0.1, 0.15) is 5.82 Å². The number of alkyl halides is 1. The Kier molecular flexibility index (Phi) is 3.40. The van der Waals surface area contributed by atoms with Crippen molar-refractivity contribution in [3.8, 4) is 0 Å². The number of fused-ring (bicyclic) bond motifs is 1. The average molecular weight is 297 g/mol. The number of aromatic nitrogens is 4. The normalized spacial score (nSPS) is 11.3. The Morgan fingerprint density at radius 2 is 2.21 bits per heavy atom. The highest BCUT2D eigenvalue weighted by Gasteiger charge is 2.11. The number of benzene rings is 1. The minimum atomic E-state index is 0.343. The highest BCUT2D eigenvalue weighted by atomic mass is 35.5. The van der Waals surface area contributed by atoms with Crippen LogP contribution in [-0.2, 0) is 18.8 Å². The third kappa shape index (κ3) is 2.43. The van der Waals surface area contributed by atoms with Gasteiger partial charge in [-0.3, -0.25) is 0 Å². The molecule has 19 heavy (non-hydrogen) atoms. The van der Waals surface area contributed by atoms with Crippen molar-refractivity contribution in [1.82, 2.24) is 19.7 Å². The van der Waals surface area contributed by atoms with E-state index in [9.17, 15) is 0 Å². The van der Waals surface area contributed by atoms with Crippen LogP contribution < -0.4 is 0 Å². The van der Waals surface area contributed by atoms with Gasteiger partial charge in [0.15, 0.2) is 6.33 Å². The molecule has 7 heteroatoms. The fraction of sp³-hybridized carbons (Fsp3) is 0.250. The lowest BCUT2D eigenvalue weighted by Crippen LogP contribution is -2.05. The molecule has 0 fully saturated rings. The molecule has 0 aliphatic heterocycles. The maximum Gasteiger partial charge on any atom is 0.228 e. The van der Waals surface area contributed by atoms with E-state index in [1.54, 1.807) is 0 Å². The van der Waals surface area contributed by atoms with Crippen LogP contribution in [0.5, 0.6) is 0 Å². The molecule has 0 amide bonds. The smallest absolute Gasteiger partial charge is 0.228 e. The summed E-state index contributed by atoms with van der Waals surface area (Å²) in [4.78, 5) is 8.48. The number of aryl methyl sites for hydroxylation is 2. The monoisotopic (exact) mass is 296 g/mol. The Balaban J connectivity index is 1.97. The minimum Gasteiger partial charge on any atom is -0.340 e. The van der Waals surface area contributed by atoms with Gasteiger partial charge in [-0.15, -0.1) is 11.6 Å². The number of halogens is 2. The Morgan fingerprint density at radius 3 is 2.95 bits per heavy atom. The second-order valence-electron chi connectivity index (χ2n) is 4.03. The molecule has 3 rings (SSSR count). The summed E-state index contributed by atoms with van der Waals surface area (Å²) in [6.07, 6.45) is 2.02. The zero-order valence-corrected chi connectivity index (χ0v) is 11.4. The number of hydrogen-bond acceptors (Lipinski definition) is 4. The summed E-state index contributed by atoms with van der Waals surface area (Å²) in [6, 6.07) is 5.59. The van der Waals surface area contributed by atoms with Gasteiger partial charge in [-0.25, -0.2) is 4.98 Å². The fourth-order valence-corrected chi connectivity index (χ4v) is 2.38. The maximum atomic E-state index is 6.03. The lowest BCUT2D eigenvalue weighted by atomic mass is 10.3. The molecule has 98 valence electrons. The fourth-order valence-electron chi connectivity index (χ4n) is 2.01. The molecule has 5 nitrogen and oxygen atoms in total. The summed E-state index contributed by atoms with van der Waals surface area (Å²) in [7, 11) is 0. The molecule has 0 atom stereocenters. The van der Waals surface area contributed by atoms with E-state index in [0.29, 0.717) is 29.8 Å². The van der Waals surface area contributed by atoms with Crippen molar-refractivity contribution >= 4 is 34.2 Å². The first-order valence-corrected chi connectivity index (χ1v) is 6.65. The van der Waals surface area contributed by atoms with E-state index in [1.165, 1.54) is 6.33 Å². The van der Waals surface area contributed by atoms with Crippen molar-refractivity contribution in [2.75, 3.05) is 0 Å². The van der Waals surface area contributed by atoms with Crippen molar-refractivity contribution in [2.45, 2.75) is 18.8 Å². The molecule has 0 N–H and O–H groups in total. The molecular formula is C12H10Cl2N4O. The third-order valence-corrected chi connectivity index (χ3v) is 3.34. The zero-order chi connectivity index (χ0) is 13.2. The lowest BCUT2D eigenvalue weighted by Gasteiger charge is -2.05. The Hall–Kier alpha value is -1.59. The molecule has 0 saturated heterocycles. The van der Waals surface area contributed by atoms with Crippen LogP contribution in [0.25, 0.3) is 11.0 Å². The van der Waals surface area contributed by atoms with Crippen LogP contribution in [0.4, 0.5) is 0 Å². The predicted octanol–water partition coefficient (Wildman–Crippen LogP) is 3.05. The van der Waals surface area contributed by atoms with Gasteiger partial charge < -0.3 is 9.09 Å². The number of imidazole rings is 1. The molecule has 3 aromatic rings. The first kappa shape index (κ1) is 12.4.